The third-order valence-electron chi connectivity index (χ3n) is 4.04. The second-order valence-electron chi connectivity index (χ2n) is 6.82. The third-order valence-corrected chi connectivity index (χ3v) is 7.24. The maximum atomic E-state index is 12.9. The van der Waals surface area contributed by atoms with Crippen molar-refractivity contribution in [3.63, 3.8) is 0 Å². The number of rotatable bonds is 8. The van der Waals surface area contributed by atoms with Crippen molar-refractivity contribution >= 4 is 27.8 Å². The van der Waals surface area contributed by atoms with E-state index in [-0.39, 0.29) is 17.0 Å². The molecule has 0 saturated carbocycles. The lowest BCUT2D eigenvalue weighted by Crippen LogP contribution is -2.41. The fourth-order valence-corrected chi connectivity index (χ4v) is 5.45. The number of carbonyl (C=O) groups excluding carboxylic acids is 1. The summed E-state index contributed by atoms with van der Waals surface area (Å²) in [6, 6.07) is 4.59. The number of aromatic nitrogens is 1. The average Bonchev–Trinajstić information content (AvgIpc) is 2.99. The van der Waals surface area contributed by atoms with E-state index in [1.54, 1.807) is 25.1 Å². The van der Waals surface area contributed by atoms with Gasteiger partial charge in [0.25, 0.3) is 0 Å². The lowest BCUT2D eigenvalue weighted by molar-refractivity contribution is 0.0598. The average molecular weight is 427 g/mol. The molecule has 0 fully saturated rings. The molecule has 2 heterocycles. The maximum absolute atomic E-state index is 12.9. The summed E-state index contributed by atoms with van der Waals surface area (Å²) in [5.41, 5.74) is 0.398. The largest absolute Gasteiger partial charge is 0.465 e. The third kappa shape index (κ3) is 4.95. The van der Waals surface area contributed by atoms with Crippen LogP contribution in [0, 0.1) is 6.92 Å². The number of pyridine rings is 1. The molecule has 0 bridgehead atoms. The lowest BCUT2D eigenvalue weighted by Gasteiger charge is -2.29. The Morgan fingerprint density at radius 3 is 2.39 bits per heavy atom. The molecule has 0 saturated heterocycles. The Balaban J connectivity index is 2.12. The Hall–Kier alpha value is -1.84. The normalized spacial score (nSPS) is 12.2. The summed E-state index contributed by atoms with van der Waals surface area (Å²) in [6.07, 6.45) is 1.38. The van der Waals surface area contributed by atoms with Gasteiger partial charge in [-0.15, -0.1) is 0 Å². The minimum atomic E-state index is -3.61. The SMILES string of the molecule is COC(=O)c1cc(CSc2ccc(S(=O)(=O)N(C(C)C)C(C)C)cn2)oc1C. The highest BCUT2D eigenvalue weighted by Gasteiger charge is 2.29. The second-order valence-corrected chi connectivity index (χ2v) is 9.66. The van der Waals surface area contributed by atoms with Gasteiger partial charge in [0.2, 0.25) is 10.0 Å². The highest BCUT2D eigenvalue weighted by Crippen LogP contribution is 2.26. The number of esters is 1. The minimum absolute atomic E-state index is 0.148. The first kappa shape index (κ1) is 22.4. The molecule has 0 amide bonds. The number of methoxy groups -OCH3 is 1. The Labute approximate surface area is 170 Å². The number of furan rings is 1. The van der Waals surface area contributed by atoms with Gasteiger partial charge >= 0.3 is 5.97 Å². The van der Waals surface area contributed by atoms with Gasteiger partial charge in [0.05, 0.1) is 17.9 Å². The molecule has 0 aliphatic rings. The molecule has 7 nitrogen and oxygen atoms in total. The van der Waals surface area contributed by atoms with Crippen LogP contribution in [0.1, 0.15) is 49.6 Å². The number of thioether (sulfide) groups is 1. The Morgan fingerprint density at radius 2 is 1.89 bits per heavy atom. The van der Waals surface area contributed by atoms with Gasteiger partial charge in [0.15, 0.2) is 0 Å². The van der Waals surface area contributed by atoms with Crippen molar-refractivity contribution < 1.29 is 22.4 Å². The van der Waals surface area contributed by atoms with Crippen molar-refractivity contribution in [1.29, 1.82) is 0 Å². The van der Waals surface area contributed by atoms with Gasteiger partial charge in [-0.3, -0.25) is 0 Å². The van der Waals surface area contributed by atoms with Gasteiger partial charge in [0, 0.05) is 18.3 Å². The lowest BCUT2D eigenvalue weighted by atomic mass is 10.2. The van der Waals surface area contributed by atoms with Gasteiger partial charge < -0.3 is 9.15 Å². The molecule has 0 aliphatic heterocycles. The molecule has 28 heavy (non-hydrogen) atoms. The van der Waals surface area contributed by atoms with Crippen LogP contribution in [-0.2, 0) is 20.5 Å². The van der Waals surface area contributed by atoms with Crippen LogP contribution in [0.3, 0.4) is 0 Å². The number of hydrogen-bond acceptors (Lipinski definition) is 7. The molecular weight excluding hydrogens is 400 g/mol. The molecule has 2 rings (SSSR count). The van der Waals surface area contributed by atoms with Crippen molar-refractivity contribution in [2.75, 3.05) is 7.11 Å². The molecule has 154 valence electrons. The fraction of sp³-hybridized carbons (Fsp3) is 0.474. The zero-order chi connectivity index (χ0) is 21.1. The van der Waals surface area contributed by atoms with Crippen LogP contribution in [-0.4, -0.2) is 42.9 Å². The van der Waals surface area contributed by atoms with E-state index in [0.717, 1.165) is 0 Å². The fourth-order valence-electron chi connectivity index (χ4n) is 2.95. The van der Waals surface area contributed by atoms with Crippen LogP contribution in [0.2, 0.25) is 0 Å². The van der Waals surface area contributed by atoms with E-state index in [9.17, 15) is 13.2 Å². The first-order chi connectivity index (χ1) is 13.1. The maximum Gasteiger partial charge on any atom is 0.341 e. The smallest absolute Gasteiger partial charge is 0.341 e. The minimum Gasteiger partial charge on any atom is -0.465 e. The van der Waals surface area contributed by atoms with Crippen LogP contribution < -0.4 is 0 Å². The van der Waals surface area contributed by atoms with Crippen LogP contribution >= 0.6 is 11.8 Å². The quantitative estimate of drug-likeness (QED) is 0.467. The molecule has 9 heteroatoms. The van der Waals surface area contributed by atoms with Crippen molar-refractivity contribution in [3.05, 3.63) is 41.5 Å². The van der Waals surface area contributed by atoms with E-state index in [1.165, 1.54) is 29.4 Å². The van der Waals surface area contributed by atoms with Crippen LogP contribution in [0.5, 0.6) is 0 Å². The molecule has 0 aromatic carbocycles. The number of sulfonamides is 1. The first-order valence-corrected chi connectivity index (χ1v) is 11.3. The van der Waals surface area contributed by atoms with Gasteiger partial charge in [-0.1, -0.05) is 11.8 Å². The topological polar surface area (TPSA) is 89.7 Å². The number of carbonyl (C=O) groups is 1. The Bertz CT molecular complexity index is 910. The summed E-state index contributed by atoms with van der Waals surface area (Å²) in [5, 5.41) is 0.660. The standard InChI is InChI=1S/C19H26N2O5S2/c1-12(2)21(13(3)4)28(23,24)16-7-8-18(20-10-16)27-11-15-9-17(14(5)26-15)19(22)25-6/h7-10,12-13H,11H2,1-6H3. The zero-order valence-electron chi connectivity index (χ0n) is 16.9. The summed E-state index contributed by atoms with van der Waals surface area (Å²) in [6.45, 7) is 9.10. The molecule has 0 atom stereocenters. The van der Waals surface area contributed by atoms with E-state index in [1.807, 2.05) is 27.7 Å². The molecule has 0 aliphatic carbocycles. The monoisotopic (exact) mass is 426 g/mol. The first-order valence-electron chi connectivity index (χ1n) is 8.88. The highest BCUT2D eigenvalue weighted by atomic mass is 32.2. The van der Waals surface area contributed by atoms with Gasteiger partial charge in [0.1, 0.15) is 22.0 Å². The van der Waals surface area contributed by atoms with E-state index in [2.05, 4.69) is 4.98 Å². The van der Waals surface area contributed by atoms with Crippen molar-refractivity contribution in [2.24, 2.45) is 0 Å². The summed E-state index contributed by atoms with van der Waals surface area (Å²) in [5.74, 6) is 1.14. The van der Waals surface area contributed by atoms with Crippen molar-refractivity contribution in [3.8, 4) is 0 Å². The predicted molar refractivity (Wildman–Crippen MR) is 108 cm³/mol. The summed E-state index contributed by atoms with van der Waals surface area (Å²) < 4.78 is 37.5. The van der Waals surface area contributed by atoms with Gasteiger partial charge in [-0.25, -0.2) is 18.2 Å². The number of aryl methyl sites for hydroxylation is 1. The van der Waals surface area contributed by atoms with Crippen molar-refractivity contribution in [1.82, 2.24) is 9.29 Å². The summed E-state index contributed by atoms with van der Waals surface area (Å²) in [4.78, 5) is 16.1. The second kappa shape index (κ2) is 9.11. The predicted octanol–water partition coefficient (Wildman–Crippen LogP) is 3.87. The van der Waals surface area contributed by atoms with Gasteiger partial charge in [-0.05, 0) is 52.8 Å². The summed E-state index contributed by atoms with van der Waals surface area (Å²) in [7, 11) is -2.28. The van der Waals surface area contributed by atoms with Crippen LogP contribution in [0.4, 0.5) is 0 Å². The molecule has 0 radical (unpaired) electrons. The molecule has 0 N–H and O–H groups in total. The van der Waals surface area contributed by atoms with Gasteiger partial charge in [-0.2, -0.15) is 4.31 Å². The highest BCUT2D eigenvalue weighted by molar-refractivity contribution is 7.98. The number of ether oxygens (including phenoxy) is 1. The Kier molecular flexibility index (Phi) is 7.30. The van der Waals surface area contributed by atoms with E-state index < -0.39 is 16.0 Å². The molecular formula is C19H26N2O5S2. The molecule has 2 aromatic heterocycles. The molecule has 0 unspecified atom stereocenters. The zero-order valence-corrected chi connectivity index (χ0v) is 18.6. The van der Waals surface area contributed by atoms with E-state index in [4.69, 9.17) is 9.15 Å². The van der Waals surface area contributed by atoms with E-state index in [0.29, 0.717) is 27.9 Å². The van der Waals surface area contributed by atoms with E-state index >= 15 is 0 Å². The molecule has 0 spiro atoms. The Morgan fingerprint density at radius 1 is 1.25 bits per heavy atom. The number of nitrogens with zero attached hydrogens (tertiary/aromatic N) is 2. The van der Waals surface area contributed by atoms with Crippen molar-refractivity contribution in [2.45, 2.75) is 62.4 Å². The van der Waals surface area contributed by atoms with Crippen LogP contribution in [0.15, 0.2) is 38.7 Å². The number of hydrogen-bond donors (Lipinski definition) is 0. The van der Waals surface area contributed by atoms with Crippen LogP contribution in [0.25, 0.3) is 0 Å². The molecule has 2 aromatic rings. The summed E-state index contributed by atoms with van der Waals surface area (Å²) >= 11 is 1.39.